The van der Waals surface area contributed by atoms with Crippen LogP contribution in [0.15, 0.2) is 65.8 Å². The zero-order chi connectivity index (χ0) is 22.8. The molecule has 4 N–H and O–H groups in total. The molecule has 0 aliphatic carbocycles. The molecule has 2 aromatic carbocycles. The lowest BCUT2D eigenvalue weighted by atomic mass is 10.1. The summed E-state index contributed by atoms with van der Waals surface area (Å²) >= 11 is 7.46. The van der Waals surface area contributed by atoms with Crippen LogP contribution in [0.1, 0.15) is 27.3 Å². The molecule has 0 saturated carbocycles. The van der Waals surface area contributed by atoms with Crippen molar-refractivity contribution < 1.29 is 9.59 Å². The maximum absolute atomic E-state index is 12.6. The van der Waals surface area contributed by atoms with Gasteiger partial charge in [0, 0.05) is 27.7 Å². The lowest BCUT2D eigenvalue weighted by Crippen LogP contribution is -2.13. The van der Waals surface area contributed by atoms with E-state index in [-0.39, 0.29) is 17.8 Å². The van der Waals surface area contributed by atoms with E-state index in [1.54, 1.807) is 18.2 Å². The number of carbonyl (C=O) groups is 2. The van der Waals surface area contributed by atoms with Gasteiger partial charge in [-0.2, -0.15) is 0 Å². The number of rotatable bonds is 6. The zero-order valence-electron chi connectivity index (χ0n) is 17.1. The average molecular weight is 477 g/mol. The van der Waals surface area contributed by atoms with Crippen LogP contribution in [0.5, 0.6) is 0 Å². The molecule has 164 valence electrons. The van der Waals surface area contributed by atoms with Gasteiger partial charge in [0.1, 0.15) is 5.69 Å². The highest BCUT2D eigenvalue weighted by Gasteiger charge is 2.23. The minimum absolute atomic E-state index is 0.179. The monoisotopic (exact) mass is 476 g/mol. The van der Waals surface area contributed by atoms with E-state index < -0.39 is 0 Å². The van der Waals surface area contributed by atoms with Crippen molar-refractivity contribution in [1.29, 1.82) is 0 Å². The van der Waals surface area contributed by atoms with Crippen molar-refractivity contribution in [3.05, 3.63) is 88.2 Å². The molecule has 10 heteroatoms. The van der Waals surface area contributed by atoms with Gasteiger partial charge in [0.2, 0.25) is 5.95 Å². The standard InChI is InChI=1S/C23H17ClN6O2S/c24-14-5-3-4-13(10-14)12-33-23-28-22(29-30-23)27-21(32)19-9-8-15(25-19)11-17-16-6-1-2-7-18(16)26-20(17)31/h1-11,25H,12H2,(H,26,31)(H2,27,28,29,30,32)/b17-11-. The summed E-state index contributed by atoms with van der Waals surface area (Å²) < 4.78 is 0. The predicted molar refractivity (Wildman–Crippen MR) is 129 cm³/mol. The minimum Gasteiger partial charge on any atom is -0.351 e. The van der Waals surface area contributed by atoms with Crippen molar-refractivity contribution in [3.63, 3.8) is 0 Å². The van der Waals surface area contributed by atoms with Gasteiger partial charge in [0.25, 0.3) is 11.8 Å². The SMILES string of the molecule is O=C1Nc2ccccc2/C1=C/c1ccc(C(=O)Nc2nnc(SCc3cccc(Cl)c3)[nH]2)[nH]1. The summed E-state index contributed by atoms with van der Waals surface area (Å²) in [7, 11) is 0. The zero-order valence-corrected chi connectivity index (χ0v) is 18.6. The summed E-state index contributed by atoms with van der Waals surface area (Å²) in [6.45, 7) is 0. The Morgan fingerprint density at radius 1 is 1.06 bits per heavy atom. The third-order valence-electron chi connectivity index (χ3n) is 4.93. The van der Waals surface area contributed by atoms with Gasteiger partial charge < -0.3 is 15.3 Å². The first-order chi connectivity index (χ1) is 16.0. The van der Waals surface area contributed by atoms with Gasteiger partial charge in [0.05, 0.1) is 5.57 Å². The highest BCUT2D eigenvalue weighted by Crippen LogP contribution is 2.32. The Balaban J connectivity index is 1.23. The Bertz CT molecular complexity index is 1390. The van der Waals surface area contributed by atoms with Crippen molar-refractivity contribution in [2.24, 2.45) is 0 Å². The summed E-state index contributed by atoms with van der Waals surface area (Å²) in [4.78, 5) is 30.9. The summed E-state index contributed by atoms with van der Waals surface area (Å²) in [6, 6.07) is 18.4. The van der Waals surface area contributed by atoms with Crippen LogP contribution < -0.4 is 10.6 Å². The van der Waals surface area contributed by atoms with E-state index in [0.717, 1.165) is 16.8 Å². The molecule has 0 radical (unpaired) electrons. The van der Waals surface area contributed by atoms with E-state index in [4.69, 9.17) is 11.6 Å². The number of nitrogens with zero attached hydrogens (tertiary/aromatic N) is 2. The highest BCUT2D eigenvalue weighted by molar-refractivity contribution is 7.98. The van der Waals surface area contributed by atoms with Crippen molar-refractivity contribution in [3.8, 4) is 0 Å². The number of fused-ring (bicyclic) bond motifs is 1. The second kappa shape index (κ2) is 8.97. The molecular formula is C23H17ClN6O2S. The Hall–Kier alpha value is -3.82. The summed E-state index contributed by atoms with van der Waals surface area (Å²) in [6.07, 6.45) is 1.72. The van der Waals surface area contributed by atoms with Crippen molar-refractivity contribution in [2.75, 3.05) is 10.6 Å². The van der Waals surface area contributed by atoms with Crippen LogP contribution >= 0.6 is 23.4 Å². The molecule has 0 spiro atoms. The van der Waals surface area contributed by atoms with Crippen LogP contribution in [0, 0.1) is 0 Å². The van der Waals surface area contributed by atoms with E-state index >= 15 is 0 Å². The molecule has 33 heavy (non-hydrogen) atoms. The third-order valence-corrected chi connectivity index (χ3v) is 6.10. The number of thioether (sulfide) groups is 1. The summed E-state index contributed by atoms with van der Waals surface area (Å²) in [5.74, 6) is 0.348. The number of aromatic amines is 2. The van der Waals surface area contributed by atoms with Crippen LogP contribution in [-0.4, -0.2) is 32.0 Å². The lowest BCUT2D eigenvalue weighted by Gasteiger charge is -2.00. The van der Waals surface area contributed by atoms with Crippen LogP contribution in [-0.2, 0) is 10.5 Å². The average Bonchev–Trinajstić information content (AvgIpc) is 3.52. The number of nitrogens with one attached hydrogen (secondary N) is 4. The van der Waals surface area contributed by atoms with Gasteiger partial charge in [-0.3, -0.25) is 14.9 Å². The number of benzene rings is 2. The Morgan fingerprint density at radius 3 is 2.82 bits per heavy atom. The molecule has 5 rings (SSSR count). The summed E-state index contributed by atoms with van der Waals surface area (Å²) in [5, 5.41) is 14.8. The fourth-order valence-electron chi connectivity index (χ4n) is 3.39. The number of aromatic nitrogens is 4. The second-order valence-corrected chi connectivity index (χ2v) is 8.64. The van der Waals surface area contributed by atoms with Crippen LogP contribution in [0.2, 0.25) is 5.02 Å². The van der Waals surface area contributed by atoms with Gasteiger partial charge in [-0.1, -0.05) is 53.7 Å². The molecular weight excluding hydrogens is 460 g/mol. The molecule has 0 saturated heterocycles. The number of hydrogen-bond acceptors (Lipinski definition) is 5. The Kier molecular flexibility index (Phi) is 5.72. The van der Waals surface area contributed by atoms with E-state index in [2.05, 4.69) is 30.8 Å². The first-order valence-corrected chi connectivity index (χ1v) is 11.3. The first kappa shape index (κ1) is 21.0. The van der Waals surface area contributed by atoms with E-state index in [0.29, 0.717) is 32.9 Å². The molecule has 4 aromatic rings. The quantitative estimate of drug-likeness (QED) is 0.235. The molecule has 1 aliphatic heterocycles. The largest absolute Gasteiger partial charge is 0.351 e. The van der Waals surface area contributed by atoms with Gasteiger partial charge in [-0.15, -0.1) is 10.2 Å². The Morgan fingerprint density at radius 2 is 1.94 bits per heavy atom. The van der Waals surface area contributed by atoms with E-state index in [9.17, 15) is 9.59 Å². The number of H-pyrrole nitrogens is 2. The third kappa shape index (κ3) is 4.69. The van der Waals surface area contributed by atoms with Gasteiger partial charge in [0.15, 0.2) is 5.16 Å². The van der Waals surface area contributed by atoms with Gasteiger partial charge in [-0.05, 0) is 42.0 Å². The molecule has 1 aliphatic rings. The normalized spacial score (nSPS) is 13.7. The molecule has 3 heterocycles. The number of para-hydroxylation sites is 1. The highest BCUT2D eigenvalue weighted by atomic mass is 35.5. The van der Waals surface area contributed by atoms with E-state index in [1.165, 1.54) is 11.8 Å². The number of hydrogen-bond donors (Lipinski definition) is 4. The van der Waals surface area contributed by atoms with Gasteiger partial charge in [-0.25, -0.2) is 0 Å². The maximum Gasteiger partial charge on any atom is 0.274 e. The minimum atomic E-state index is -0.376. The Labute approximate surface area is 197 Å². The number of amides is 2. The fourth-order valence-corrected chi connectivity index (χ4v) is 4.35. The number of anilines is 2. The molecule has 0 atom stereocenters. The molecule has 0 fully saturated rings. The first-order valence-electron chi connectivity index (χ1n) is 9.98. The van der Waals surface area contributed by atoms with E-state index in [1.807, 2.05) is 48.5 Å². The molecule has 2 amide bonds. The van der Waals surface area contributed by atoms with Crippen molar-refractivity contribution in [1.82, 2.24) is 20.2 Å². The smallest absolute Gasteiger partial charge is 0.274 e. The molecule has 0 unspecified atom stereocenters. The molecule has 2 aromatic heterocycles. The molecule has 8 nitrogen and oxygen atoms in total. The van der Waals surface area contributed by atoms with Crippen LogP contribution in [0.4, 0.5) is 11.6 Å². The van der Waals surface area contributed by atoms with Crippen LogP contribution in [0.25, 0.3) is 11.6 Å². The number of carbonyl (C=O) groups excluding carboxylic acids is 2. The van der Waals surface area contributed by atoms with Crippen molar-refractivity contribution >= 4 is 58.5 Å². The second-order valence-electron chi connectivity index (χ2n) is 7.24. The lowest BCUT2D eigenvalue weighted by molar-refractivity contribution is -0.110. The topological polar surface area (TPSA) is 116 Å². The number of halogens is 1. The predicted octanol–water partition coefficient (Wildman–Crippen LogP) is 4.82. The fraction of sp³-hybridized carbons (Fsp3) is 0.0435. The summed E-state index contributed by atoms with van der Waals surface area (Å²) in [5.41, 5.74) is 4.16. The van der Waals surface area contributed by atoms with Crippen LogP contribution in [0.3, 0.4) is 0 Å². The molecule has 0 bridgehead atoms. The van der Waals surface area contributed by atoms with Gasteiger partial charge >= 0.3 is 0 Å². The maximum atomic E-state index is 12.6. The van der Waals surface area contributed by atoms with Crippen molar-refractivity contribution in [2.45, 2.75) is 10.9 Å².